The third-order valence-electron chi connectivity index (χ3n) is 3.02. The quantitative estimate of drug-likeness (QED) is 0.886. The summed E-state index contributed by atoms with van der Waals surface area (Å²) in [5, 5.41) is 9.13. The molecular weight excluding hydrogens is 234 g/mol. The Morgan fingerprint density at radius 3 is 3.11 bits per heavy atom. The molecule has 0 aliphatic carbocycles. The average Bonchev–Trinajstić information content (AvgIpc) is 2.37. The molecule has 1 aromatic heterocycles. The van der Waals surface area contributed by atoms with E-state index in [0.29, 0.717) is 12.2 Å². The average molecular weight is 251 g/mol. The van der Waals surface area contributed by atoms with Crippen molar-refractivity contribution in [3.05, 3.63) is 23.4 Å². The van der Waals surface area contributed by atoms with E-state index in [1.807, 2.05) is 0 Å². The molecule has 18 heavy (non-hydrogen) atoms. The van der Waals surface area contributed by atoms with Gasteiger partial charge >= 0.3 is 5.97 Å². The maximum Gasteiger partial charge on any atom is 0.341 e. The number of nitrogens with zero attached hydrogens (tertiary/aromatic N) is 1. The van der Waals surface area contributed by atoms with Crippen molar-refractivity contribution in [1.82, 2.24) is 4.98 Å². The minimum absolute atomic E-state index is 0.0442. The van der Waals surface area contributed by atoms with Crippen molar-refractivity contribution in [3.8, 4) is 5.88 Å². The van der Waals surface area contributed by atoms with Gasteiger partial charge in [0.15, 0.2) is 0 Å². The van der Waals surface area contributed by atoms with Crippen molar-refractivity contribution >= 4 is 5.97 Å². The molecule has 1 aliphatic rings. The Bertz CT molecular complexity index is 427. The molecule has 2 rings (SSSR count). The van der Waals surface area contributed by atoms with Gasteiger partial charge in [-0.25, -0.2) is 9.78 Å². The predicted octanol–water partition coefficient (Wildman–Crippen LogP) is 2.04. The smallest absolute Gasteiger partial charge is 0.341 e. The van der Waals surface area contributed by atoms with Crippen LogP contribution in [0, 0.1) is 6.92 Å². The first-order chi connectivity index (χ1) is 8.68. The Morgan fingerprint density at radius 1 is 1.61 bits per heavy atom. The Hall–Kier alpha value is -1.62. The van der Waals surface area contributed by atoms with E-state index in [1.165, 1.54) is 0 Å². The number of hydrogen-bond acceptors (Lipinski definition) is 4. The van der Waals surface area contributed by atoms with Crippen LogP contribution in [0.2, 0.25) is 0 Å². The summed E-state index contributed by atoms with van der Waals surface area (Å²) in [6.07, 6.45) is 4.76. The zero-order valence-corrected chi connectivity index (χ0v) is 10.4. The summed E-state index contributed by atoms with van der Waals surface area (Å²) in [5.74, 6) is -0.836. The van der Waals surface area contributed by atoms with Gasteiger partial charge in [0.1, 0.15) is 12.2 Å². The van der Waals surface area contributed by atoms with Crippen molar-refractivity contribution in [3.63, 3.8) is 0 Å². The Kier molecular flexibility index (Phi) is 4.15. The number of aromatic nitrogens is 1. The second-order valence-electron chi connectivity index (χ2n) is 4.41. The first-order valence-corrected chi connectivity index (χ1v) is 6.12. The summed E-state index contributed by atoms with van der Waals surface area (Å²) >= 11 is 0. The monoisotopic (exact) mass is 251 g/mol. The molecular formula is C13H17NO4. The maximum absolute atomic E-state index is 11.1. The van der Waals surface area contributed by atoms with Crippen LogP contribution in [0.3, 0.4) is 0 Å². The molecule has 1 N–H and O–H groups in total. The lowest BCUT2D eigenvalue weighted by Gasteiger charge is -2.22. The van der Waals surface area contributed by atoms with Crippen molar-refractivity contribution in [2.45, 2.75) is 32.3 Å². The number of carboxylic acid groups (broad SMARTS) is 1. The van der Waals surface area contributed by atoms with Crippen LogP contribution < -0.4 is 4.74 Å². The maximum atomic E-state index is 11.1. The third-order valence-corrected chi connectivity index (χ3v) is 3.02. The fourth-order valence-electron chi connectivity index (χ4n) is 2.01. The predicted molar refractivity (Wildman–Crippen MR) is 65.0 cm³/mol. The number of ether oxygens (including phenoxy) is 2. The molecule has 0 aromatic carbocycles. The summed E-state index contributed by atoms with van der Waals surface area (Å²) in [6.45, 7) is 2.84. The van der Waals surface area contributed by atoms with Crippen molar-refractivity contribution in [2.24, 2.45) is 0 Å². The number of aryl methyl sites for hydroxylation is 1. The minimum Gasteiger partial charge on any atom is -0.477 e. The topological polar surface area (TPSA) is 68.7 Å². The Balaban J connectivity index is 2.04. The van der Waals surface area contributed by atoms with Gasteiger partial charge in [-0.1, -0.05) is 0 Å². The van der Waals surface area contributed by atoms with E-state index < -0.39 is 5.97 Å². The van der Waals surface area contributed by atoms with Gasteiger partial charge in [-0.2, -0.15) is 0 Å². The van der Waals surface area contributed by atoms with E-state index in [9.17, 15) is 4.79 Å². The minimum atomic E-state index is -1.01. The fourth-order valence-corrected chi connectivity index (χ4v) is 2.01. The van der Waals surface area contributed by atoms with Crippen LogP contribution in [0.15, 0.2) is 12.3 Å². The van der Waals surface area contributed by atoms with E-state index in [1.54, 1.807) is 19.2 Å². The van der Waals surface area contributed by atoms with E-state index in [-0.39, 0.29) is 17.5 Å². The van der Waals surface area contributed by atoms with Crippen LogP contribution in [-0.2, 0) is 4.74 Å². The molecule has 98 valence electrons. The second kappa shape index (κ2) is 5.82. The van der Waals surface area contributed by atoms with Gasteiger partial charge in [-0.15, -0.1) is 0 Å². The lowest BCUT2D eigenvalue weighted by atomic mass is 10.1. The molecule has 1 aromatic rings. The number of rotatable bonds is 4. The van der Waals surface area contributed by atoms with Gasteiger partial charge in [0.05, 0.1) is 6.10 Å². The third kappa shape index (κ3) is 2.98. The van der Waals surface area contributed by atoms with Gasteiger partial charge in [-0.05, 0) is 37.8 Å². The van der Waals surface area contributed by atoms with E-state index >= 15 is 0 Å². The Labute approximate surface area is 106 Å². The SMILES string of the molecule is Cc1ccnc(OCC2CCCCO2)c1C(=O)O. The van der Waals surface area contributed by atoms with Crippen LogP contribution >= 0.6 is 0 Å². The fraction of sp³-hybridized carbons (Fsp3) is 0.538. The molecule has 2 heterocycles. The van der Waals surface area contributed by atoms with Gasteiger partial charge in [0.2, 0.25) is 5.88 Å². The Morgan fingerprint density at radius 2 is 2.44 bits per heavy atom. The van der Waals surface area contributed by atoms with Gasteiger partial charge in [0.25, 0.3) is 0 Å². The molecule has 1 atom stereocenters. The normalized spacial score (nSPS) is 19.5. The highest BCUT2D eigenvalue weighted by Gasteiger charge is 2.19. The van der Waals surface area contributed by atoms with Crippen LogP contribution in [0.5, 0.6) is 5.88 Å². The summed E-state index contributed by atoms with van der Waals surface area (Å²) in [6, 6.07) is 1.66. The number of pyridine rings is 1. The number of hydrogen-bond donors (Lipinski definition) is 1. The molecule has 1 aliphatic heterocycles. The lowest BCUT2D eigenvalue weighted by Crippen LogP contribution is -2.26. The van der Waals surface area contributed by atoms with Crippen LogP contribution in [0.4, 0.5) is 0 Å². The van der Waals surface area contributed by atoms with Crippen LogP contribution in [-0.4, -0.2) is 35.4 Å². The van der Waals surface area contributed by atoms with Crippen molar-refractivity contribution < 1.29 is 19.4 Å². The standard InChI is InChI=1S/C13H17NO4/c1-9-5-6-14-12(11(9)13(15)16)18-8-10-4-2-3-7-17-10/h5-6,10H,2-4,7-8H2,1H3,(H,15,16). The lowest BCUT2D eigenvalue weighted by molar-refractivity contribution is -0.0122. The molecule has 0 radical (unpaired) electrons. The highest BCUT2D eigenvalue weighted by molar-refractivity contribution is 5.91. The molecule has 1 fully saturated rings. The summed E-state index contributed by atoms with van der Waals surface area (Å²) in [5.41, 5.74) is 0.783. The number of carbonyl (C=O) groups is 1. The molecule has 1 saturated heterocycles. The first kappa shape index (κ1) is 12.8. The van der Waals surface area contributed by atoms with Crippen molar-refractivity contribution in [2.75, 3.05) is 13.2 Å². The molecule has 0 saturated carbocycles. The van der Waals surface area contributed by atoms with Gasteiger partial charge < -0.3 is 14.6 Å². The molecule has 0 spiro atoms. The van der Waals surface area contributed by atoms with E-state index in [4.69, 9.17) is 14.6 Å². The zero-order valence-electron chi connectivity index (χ0n) is 10.4. The van der Waals surface area contributed by atoms with Crippen LogP contribution in [0.25, 0.3) is 0 Å². The largest absolute Gasteiger partial charge is 0.477 e. The highest BCUT2D eigenvalue weighted by Crippen LogP contribution is 2.20. The number of carboxylic acids is 1. The molecule has 1 unspecified atom stereocenters. The second-order valence-corrected chi connectivity index (χ2v) is 4.41. The van der Waals surface area contributed by atoms with Gasteiger partial charge in [0, 0.05) is 12.8 Å². The first-order valence-electron chi connectivity index (χ1n) is 6.12. The number of aromatic carboxylic acids is 1. The summed E-state index contributed by atoms with van der Waals surface area (Å²) < 4.78 is 11.0. The molecule has 0 bridgehead atoms. The summed E-state index contributed by atoms with van der Waals surface area (Å²) in [7, 11) is 0. The van der Waals surface area contributed by atoms with Crippen LogP contribution in [0.1, 0.15) is 35.2 Å². The highest BCUT2D eigenvalue weighted by atomic mass is 16.5. The van der Waals surface area contributed by atoms with Crippen molar-refractivity contribution in [1.29, 1.82) is 0 Å². The zero-order chi connectivity index (χ0) is 13.0. The molecule has 5 heteroatoms. The molecule has 5 nitrogen and oxygen atoms in total. The van der Waals surface area contributed by atoms with Gasteiger partial charge in [-0.3, -0.25) is 0 Å². The molecule has 0 amide bonds. The summed E-state index contributed by atoms with van der Waals surface area (Å²) in [4.78, 5) is 15.1. The van der Waals surface area contributed by atoms with E-state index in [0.717, 1.165) is 25.9 Å². The van der Waals surface area contributed by atoms with E-state index in [2.05, 4.69) is 4.98 Å².